The molecule has 1 aliphatic rings. The fourth-order valence-electron chi connectivity index (χ4n) is 4.98. The molecule has 4 aromatic rings. The minimum absolute atomic E-state index is 0.103. The van der Waals surface area contributed by atoms with Crippen LogP contribution in [0.25, 0.3) is 11.4 Å². The highest BCUT2D eigenvalue weighted by Crippen LogP contribution is 2.28. The van der Waals surface area contributed by atoms with Crippen molar-refractivity contribution in [2.45, 2.75) is 33.6 Å². The van der Waals surface area contributed by atoms with E-state index < -0.39 is 0 Å². The van der Waals surface area contributed by atoms with Gasteiger partial charge in [0, 0.05) is 55.0 Å². The summed E-state index contributed by atoms with van der Waals surface area (Å²) in [6.07, 6.45) is 1.75. The molecule has 0 bridgehead atoms. The highest BCUT2D eigenvalue weighted by molar-refractivity contribution is 5.94. The van der Waals surface area contributed by atoms with E-state index in [2.05, 4.69) is 74.2 Å². The van der Waals surface area contributed by atoms with Crippen molar-refractivity contribution in [2.75, 3.05) is 31.1 Å². The van der Waals surface area contributed by atoms with E-state index in [9.17, 15) is 4.79 Å². The first kappa shape index (κ1) is 24.7. The standard InChI is InChI=1S/C32H34N4O/c1-4-25-13-15-28(16-14-25)32(37)36-19-17-35(18-20-36)31-29(22-26-10-8-9-23(2)21-26)24(3)33-30(34-31)27-11-6-5-7-12-27/h5-16,21H,4,17-20,22H2,1-3H3. The van der Waals surface area contributed by atoms with Crippen molar-refractivity contribution < 1.29 is 4.79 Å². The number of carbonyl (C=O) groups is 1. The molecule has 0 unspecified atom stereocenters. The lowest BCUT2D eigenvalue weighted by Crippen LogP contribution is -2.49. The number of nitrogens with zero attached hydrogens (tertiary/aromatic N) is 4. The molecule has 5 nitrogen and oxygen atoms in total. The number of hydrogen-bond donors (Lipinski definition) is 0. The van der Waals surface area contributed by atoms with Gasteiger partial charge in [-0.25, -0.2) is 9.97 Å². The van der Waals surface area contributed by atoms with Crippen molar-refractivity contribution in [2.24, 2.45) is 0 Å². The molecule has 0 atom stereocenters. The van der Waals surface area contributed by atoms with Crippen molar-refractivity contribution in [3.8, 4) is 11.4 Å². The number of hydrogen-bond acceptors (Lipinski definition) is 4. The SMILES string of the molecule is CCc1ccc(C(=O)N2CCN(c3nc(-c4ccccc4)nc(C)c3Cc3cccc(C)c3)CC2)cc1. The first-order valence-electron chi connectivity index (χ1n) is 13.1. The molecule has 0 radical (unpaired) electrons. The average Bonchev–Trinajstić information content (AvgIpc) is 2.94. The number of aryl methyl sites for hydroxylation is 3. The largest absolute Gasteiger partial charge is 0.353 e. The third-order valence-electron chi connectivity index (χ3n) is 7.16. The zero-order valence-corrected chi connectivity index (χ0v) is 21.9. The van der Waals surface area contributed by atoms with Crippen LogP contribution in [0.1, 0.15) is 45.2 Å². The molecule has 0 N–H and O–H groups in total. The van der Waals surface area contributed by atoms with Crippen LogP contribution in [0.15, 0.2) is 78.9 Å². The summed E-state index contributed by atoms with van der Waals surface area (Å²) in [7, 11) is 0. The van der Waals surface area contributed by atoms with Gasteiger partial charge in [-0.05, 0) is 43.5 Å². The molecule has 1 aromatic heterocycles. The van der Waals surface area contributed by atoms with Crippen LogP contribution in [0.2, 0.25) is 0 Å². The summed E-state index contributed by atoms with van der Waals surface area (Å²) in [6.45, 7) is 9.15. The Morgan fingerprint density at radius 1 is 0.811 bits per heavy atom. The first-order chi connectivity index (χ1) is 18.0. The van der Waals surface area contributed by atoms with Crippen LogP contribution in [0.4, 0.5) is 5.82 Å². The van der Waals surface area contributed by atoms with E-state index in [0.29, 0.717) is 13.1 Å². The van der Waals surface area contributed by atoms with E-state index in [1.165, 1.54) is 16.7 Å². The van der Waals surface area contributed by atoms with Gasteiger partial charge in [-0.1, -0.05) is 79.2 Å². The summed E-state index contributed by atoms with van der Waals surface area (Å²) in [5, 5.41) is 0. The molecule has 188 valence electrons. The van der Waals surface area contributed by atoms with Crippen LogP contribution in [-0.4, -0.2) is 47.0 Å². The van der Waals surface area contributed by atoms with E-state index in [-0.39, 0.29) is 5.91 Å². The van der Waals surface area contributed by atoms with Crippen LogP contribution < -0.4 is 4.90 Å². The molecule has 37 heavy (non-hydrogen) atoms. The first-order valence-corrected chi connectivity index (χ1v) is 13.1. The predicted molar refractivity (Wildman–Crippen MR) is 150 cm³/mol. The second-order valence-electron chi connectivity index (χ2n) is 9.80. The van der Waals surface area contributed by atoms with Crippen molar-refractivity contribution in [3.05, 3.63) is 112 Å². The highest BCUT2D eigenvalue weighted by atomic mass is 16.2. The molecular formula is C32H34N4O. The lowest BCUT2D eigenvalue weighted by atomic mass is 10.0. The quantitative estimate of drug-likeness (QED) is 0.339. The van der Waals surface area contributed by atoms with Gasteiger partial charge in [-0.15, -0.1) is 0 Å². The number of piperazine rings is 1. The minimum Gasteiger partial charge on any atom is -0.353 e. The summed E-state index contributed by atoms with van der Waals surface area (Å²) >= 11 is 0. The molecule has 1 fully saturated rings. The summed E-state index contributed by atoms with van der Waals surface area (Å²) in [5.74, 6) is 1.83. The summed E-state index contributed by atoms with van der Waals surface area (Å²) in [4.78, 5) is 27.5. The number of amides is 1. The molecule has 0 saturated carbocycles. The molecule has 1 saturated heterocycles. The topological polar surface area (TPSA) is 49.3 Å². The Balaban J connectivity index is 1.42. The Hall–Kier alpha value is -3.99. The fourth-order valence-corrected chi connectivity index (χ4v) is 4.98. The third-order valence-corrected chi connectivity index (χ3v) is 7.16. The normalized spacial score (nSPS) is 13.6. The average molecular weight is 491 g/mol. The summed E-state index contributed by atoms with van der Waals surface area (Å²) < 4.78 is 0. The Kier molecular flexibility index (Phi) is 7.31. The van der Waals surface area contributed by atoms with E-state index >= 15 is 0 Å². The third kappa shape index (κ3) is 5.56. The van der Waals surface area contributed by atoms with Gasteiger partial charge in [-0.3, -0.25) is 4.79 Å². The maximum atomic E-state index is 13.2. The lowest BCUT2D eigenvalue weighted by Gasteiger charge is -2.36. The smallest absolute Gasteiger partial charge is 0.253 e. The van der Waals surface area contributed by atoms with Gasteiger partial charge in [-0.2, -0.15) is 0 Å². The van der Waals surface area contributed by atoms with Crippen molar-refractivity contribution in [1.29, 1.82) is 0 Å². The number of carbonyl (C=O) groups excluding carboxylic acids is 1. The van der Waals surface area contributed by atoms with Gasteiger partial charge in [0.05, 0.1) is 0 Å². The number of anilines is 1. The van der Waals surface area contributed by atoms with Crippen LogP contribution in [0.3, 0.4) is 0 Å². The van der Waals surface area contributed by atoms with E-state index in [1.807, 2.05) is 35.2 Å². The lowest BCUT2D eigenvalue weighted by molar-refractivity contribution is 0.0746. The van der Waals surface area contributed by atoms with E-state index in [4.69, 9.17) is 9.97 Å². The van der Waals surface area contributed by atoms with Gasteiger partial charge in [0.2, 0.25) is 0 Å². The molecule has 0 spiro atoms. The van der Waals surface area contributed by atoms with Crippen LogP contribution >= 0.6 is 0 Å². The van der Waals surface area contributed by atoms with E-state index in [1.54, 1.807) is 0 Å². The van der Waals surface area contributed by atoms with Crippen molar-refractivity contribution in [1.82, 2.24) is 14.9 Å². The van der Waals surface area contributed by atoms with E-state index in [0.717, 1.165) is 60.0 Å². The number of rotatable bonds is 6. The second-order valence-corrected chi connectivity index (χ2v) is 9.80. The van der Waals surface area contributed by atoms with Crippen molar-refractivity contribution >= 4 is 11.7 Å². The monoisotopic (exact) mass is 490 g/mol. The van der Waals surface area contributed by atoms with Gasteiger partial charge < -0.3 is 9.80 Å². The number of benzene rings is 3. The minimum atomic E-state index is 0.103. The Morgan fingerprint density at radius 2 is 1.54 bits per heavy atom. The number of aromatic nitrogens is 2. The molecule has 1 amide bonds. The van der Waals surface area contributed by atoms with Crippen LogP contribution in [-0.2, 0) is 12.8 Å². The molecule has 5 heteroatoms. The predicted octanol–water partition coefficient (Wildman–Crippen LogP) is 5.88. The van der Waals surface area contributed by atoms with Crippen molar-refractivity contribution in [3.63, 3.8) is 0 Å². The Morgan fingerprint density at radius 3 is 2.22 bits per heavy atom. The molecule has 3 aromatic carbocycles. The maximum absolute atomic E-state index is 13.2. The molecule has 1 aliphatic heterocycles. The van der Waals surface area contributed by atoms with Gasteiger partial charge in [0.15, 0.2) is 5.82 Å². The second kappa shape index (κ2) is 11.0. The van der Waals surface area contributed by atoms with Crippen LogP contribution in [0, 0.1) is 13.8 Å². The van der Waals surface area contributed by atoms with Gasteiger partial charge in [0.25, 0.3) is 5.91 Å². The Labute approximate surface area is 219 Å². The fraction of sp³-hybridized carbons (Fsp3) is 0.281. The highest BCUT2D eigenvalue weighted by Gasteiger charge is 2.26. The van der Waals surface area contributed by atoms with Crippen LogP contribution in [0.5, 0.6) is 0 Å². The van der Waals surface area contributed by atoms with Gasteiger partial charge >= 0.3 is 0 Å². The molecule has 0 aliphatic carbocycles. The summed E-state index contributed by atoms with van der Waals surface area (Å²) in [5.41, 5.74) is 7.67. The molecular weight excluding hydrogens is 456 g/mol. The Bertz CT molecular complexity index is 1370. The molecule has 2 heterocycles. The zero-order chi connectivity index (χ0) is 25.8. The summed E-state index contributed by atoms with van der Waals surface area (Å²) in [6, 6.07) is 26.8. The maximum Gasteiger partial charge on any atom is 0.253 e. The van der Waals surface area contributed by atoms with Gasteiger partial charge in [0.1, 0.15) is 5.82 Å². The zero-order valence-electron chi connectivity index (χ0n) is 21.9. The molecule has 5 rings (SSSR count).